The summed E-state index contributed by atoms with van der Waals surface area (Å²) in [5.74, 6) is -0.336. The number of carbonyl (C=O) groups is 1. The van der Waals surface area contributed by atoms with Gasteiger partial charge < -0.3 is 23.9 Å². The molecule has 0 saturated carbocycles. The van der Waals surface area contributed by atoms with Crippen LogP contribution in [-0.2, 0) is 37.0 Å². The van der Waals surface area contributed by atoms with Crippen LogP contribution in [0.15, 0.2) is 42.5 Å². The second-order valence-electron chi connectivity index (χ2n) is 11.2. The van der Waals surface area contributed by atoms with Gasteiger partial charge in [-0.2, -0.15) is 13.2 Å². The van der Waals surface area contributed by atoms with Crippen LogP contribution in [-0.4, -0.2) is 51.9 Å². The molecule has 4 aromatic rings. The number of fused-ring (bicyclic) bond motifs is 2. The topological polar surface area (TPSA) is 86.0 Å². The van der Waals surface area contributed by atoms with Crippen molar-refractivity contribution >= 4 is 40.2 Å². The van der Waals surface area contributed by atoms with Crippen molar-refractivity contribution < 1.29 is 37.3 Å². The van der Waals surface area contributed by atoms with Gasteiger partial charge in [0.1, 0.15) is 29.4 Å². The summed E-state index contributed by atoms with van der Waals surface area (Å²) in [5.41, 5.74) is 2.24. The Balaban J connectivity index is 1.33. The number of aromatic nitrogens is 2. The lowest BCUT2D eigenvalue weighted by Crippen LogP contribution is -2.36. The number of ether oxygens (including phenoxy) is 3. The molecular weight excluding hydrogens is 634 g/mol. The fraction of sp³-hybridized carbons (Fsp3) is 0.375. The lowest BCUT2D eigenvalue weighted by Gasteiger charge is -2.36. The van der Waals surface area contributed by atoms with E-state index in [0.717, 1.165) is 12.0 Å². The van der Waals surface area contributed by atoms with Crippen molar-refractivity contribution in [2.24, 2.45) is 0 Å². The third-order valence-corrected chi connectivity index (χ3v) is 9.09. The van der Waals surface area contributed by atoms with E-state index in [9.17, 15) is 23.1 Å². The van der Waals surface area contributed by atoms with Crippen molar-refractivity contribution in [3.05, 3.63) is 86.2 Å². The summed E-state index contributed by atoms with van der Waals surface area (Å²) < 4.78 is 61.4. The molecule has 0 spiro atoms. The van der Waals surface area contributed by atoms with Crippen LogP contribution < -0.4 is 9.47 Å². The number of carboxylic acids is 1. The third-order valence-electron chi connectivity index (χ3n) is 8.50. The van der Waals surface area contributed by atoms with Gasteiger partial charge in [0.05, 0.1) is 42.9 Å². The molecule has 3 heterocycles. The van der Waals surface area contributed by atoms with Crippen molar-refractivity contribution in [3.8, 4) is 11.5 Å². The molecule has 1 fully saturated rings. The van der Waals surface area contributed by atoms with Crippen molar-refractivity contribution in [3.63, 3.8) is 0 Å². The molecule has 1 N–H and O–H groups in total. The minimum atomic E-state index is -4.61. The van der Waals surface area contributed by atoms with Gasteiger partial charge in [-0.15, -0.1) is 0 Å². The zero-order chi connectivity index (χ0) is 32.0. The van der Waals surface area contributed by atoms with Gasteiger partial charge in [-0.1, -0.05) is 29.3 Å². The van der Waals surface area contributed by atoms with Gasteiger partial charge in [-0.3, -0.25) is 4.90 Å². The number of methoxy groups -OCH3 is 1. The van der Waals surface area contributed by atoms with Crippen LogP contribution in [0.4, 0.5) is 13.2 Å². The molecule has 2 atom stereocenters. The summed E-state index contributed by atoms with van der Waals surface area (Å²) in [7, 11) is 1.47. The Morgan fingerprint density at radius 1 is 1.16 bits per heavy atom. The van der Waals surface area contributed by atoms with Crippen molar-refractivity contribution in [2.75, 3.05) is 20.3 Å². The van der Waals surface area contributed by atoms with E-state index < -0.39 is 17.7 Å². The van der Waals surface area contributed by atoms with E-state index in [1.807, 2.05) is 11.5 Å². The molecule has 0 amide bonds. The molecule has 0 unspecified atom stereocenters. The highest BCUT2D eigenvalue weighted by molar-refractivity contribution is 6.35. The van der Waals surface area contributed by atoms with Crippen molar-refractivity contribution in [2.45, 2.75) is 57.8 Å². The predicted molar refractivity (Wildman–Crippen MR) is 162 cm³/mol. The summed E-state index contributed by atoms with van der Waals surface area (Å²) in [6.45, 7) is 3.78. The molecule has 2 aliphatic heterocycles. The molecule has 13 heteroatoms. The number of rotatable bonds is 9. The van der Waals surface area contributed by atoms with E-state index in [-0.39, 0.29) is 30.1 Å². The summed E-state index contributed by atoms with van der Waals surface area (Å²) in [4.78, 5) is 18.9. The molecule has 8 nitrogen and oxygen atoms in total. The molecule has 3 aromatic carbocycles. The van der Waals surface area contributed by atoms with Crippen LogP contribution in [0.25, 0.3) is 11.0 Å². The quantitative estimate of drug-likeness (QED) is 0.198. The Bertz CT molecular complexity index is 1770. The van der Waals surface area contributed by atoms with Gasteiger partial charge in [0, 0.05) is 34.8 Å². The van der Waals surface area contributed by atoms with Crippen LogP contribution >= 0.6 is 23.2 Å². The number of aromatic carboxylic acids is 1. The average Bonchev–Trinajstić information content (AvgIpc) is 3.31. The first-order chi connectivity index (χ1) is 21.4. The van der Waals surface area contributed by atoms with E-state index in [0.29, 0.717) is 76.4 Å². The van der Waals surface area contributed by atoms with Crippen molar-refractivity contribution in [1.29, 1.82) is 0 Å². The molecule has 1 aromatic heterocycles. The number of hydrogen-bond acceptors (Lipinski definition) is 6. The van der Waals surface area contributed by atoms with E-state index in [2.05, 4.69) is 4.90 Å². The zero-order valence-electron chi connectivity index (χ0n) is 24.5. The molecule has 238 valence electrons. The van der Waals surface area contributed by atoms with Crippen molar-refractivity contribution in [1.82, 2.24) is 14.5 Å². The molecule has 45 heavy (non-hydrogen) atoms. The second-order valence-corrected chi connectivity index (χ2v) is 12.1. The molecule has 2 aliphatic rings. The second kappa shape index (κ2) is 12.4. The summed E-state index contributed by atoms with van der Waals surface area (Å²) >= 11 is 12.2. The Morgan fingerprint density at radius 2 is 1.93 bits per heavy atom. The number of nitrogens with zero attached hydrogens (tertiary/aromatic N) is 3. The maximum absolute atomic E-state index is 14.2. The Morgan fingerprint density at radius 3 is 2.58 bits per heavy atom. The van der Waals surface area contributed by atoms with Gasteiger partial charge >= 0.3 is 12.1 Å². The Labute approximate surface area is 267 Å². The normalized spacial score (nSPS) is 18.5. The number of imidazole rings is 1. The summed E-state index contributed by atoms with van der Waals surface area (Å²) in [6.07, 6.45) is -3.38. The van der Waals surface area contributed by atoms with E-state index >= 15 is 0 Å². The van der Waals surface area contributed by atoms with Crippen LogP contribution in [0.1, 0.15) is 57.8 Å². The number of benzene rings is 3. The average molecular weight is 665 g/mol. The zero-order valence-corrected chi connectivity index (χ0v) is 26.0. The number of halogens is 5. The Hall–Kier alpha value is -3.51. The largest absolute Gasteiger partial charge is 0.494 e. The van der Waals surface area contributed by atoms with E-state index in [4.69, 9.17) is 42.4 Å². The lowest BCUT2D eigenvalue weighted by molar-refractivity contribution is -0.139. The number of hydrogen-bond donors (Lipinski definition) is 1. The maximum Gasteiger partial charge on any atom is 0.419 e. The van der Waals surface area contributed by atoms with Gasteiger partial charge in [0.25, 0.3) is 0 Å². The lowest BCUT2D eigenvalue weighted by atomic mass is 9.91. The fourth-order valence-corrected chi connectivity index (χ4v) is 6.37. The first kappa shape index (κ1) is 31.5. The van der Waals surface area contributed by atoms with Gasteiger partial charge in [-0.05, 0) is 67.3 Å². The molecule has 6 rings (SSSR count). The van der Waals surface area contributed by atoms with Crippen LogP contribution in [0.3, 0.4) is 0 Å². The SMILES string of the molecule is COc1cc(C(=O)O)cc2c1nc(CN1CCc3cc(C(F)(F)F)c(OCc4ccc(Cl)cc4Cl)cc3[C@@H]1C)n2C[C@@H]1CCO1. The van der Waals surface area contributed by atoms with Gasteiger partial charge in [0.15, 0.2) is 0 Å². The van der Waals surface area contributed by atoms with Crippen LogP contribution in [0.5, 0.6) is 11.5 Å². The van der Waals surface area contributed by atoms with Crippen LogP contribution in [0.2, 0.25) is 10.0 Å². The highest BCUT2D eigenvalue weighted by Crippen LogP contribution is 2.42. The van der Waals surface area contributed by atoms with Gasteiger partial charge in [0.2, 0.25) is 0 Å². The van der Waals surface area contributed by atoms with Gasteiger partial charge in [-0.25, -0.2) is 9.78 Å². The molecular formula is C32H30Cl2F3N3O5. The van der Waals surface area contributed by atoms with E-state index in [1.54, 1.807) is 18.2 Å². The fourth-order valence-electron chi connectivity index (χ4n) is 5.91. The minimum absolute atomic E-state index is 0.0326. The number of carboxylic acid groups (broad SMARTS) is 1. The molecule has 0 aliphatic carbocycles. The highest BCUT2D eigenvalue weighted by Gasteiger charge is 2.37. The predicted octanol–water partition coefficient (Wildman–Crippen LogP) is 7.56. The molecule has 0 bridgehead atoms. The number of alkyl halides is 3. The highest BCUT2D eigenvalue weighted by atomic mass is 35.5. The first-order valence-electron chi connectivity index (χ1n) is 14.4. The minimum Gasteiger partial charge on any atom is -0.494 e. The first-order valence-corrected chi connectivity index (χ1v) is 15.2. The monoisotopic (exact) mass is 663 g/mol. The van der Waals surface area contributed by atoms with E-state index in [1.165, 1.54) is 31.4 Å². The third kappa shape index (κ3) is 6.31. The smallest absolute Gasteiger partial charge is 0.419 e. The molecule has 0 radical (unpaired) electrons. The summed E-state index contributed by atoms with van der Waals surface area (Å²) in [6, 6.07) is 10.2. The molecule has 1 saturated heterocycles. The Kier molecular flexibility index (Phi) is 8.64. The maximum atomic E-state index is 14.2. The van der Waals surface area contributed by atoms with Crippen LogP contribution in [0, 0.1) is 0 Å². The standard InChI is InChI=1S/C32H30Cl2F3N3O5/c1-17-23-13-27(45-16-19-3-4-21(33)12-25(19)34)24(32(35,36)37)9-18(23)5-7-39(17)15-29-38-30-26(40(29)14-22-6-8-44-22)10-20(31(41)42)11-28(30)43-2/h3-4,9-13,17,22H,5-8,14-16H2,1-2H3,(H,41,42)/t17-,22-/m0/s1. The summed E-state index contributed by atoms with van der Waals surface area (Å²) in [5, 5.41) is 10.4.